The van der Waals surface area contributed by atoms with Crippen molar-refractivity contribution in [3.05, 3.63) is 0 Å². The second-order valence-corrected chi connectivity index (χ2v) is 6.53. The largest absolute Gasteiger partial charge is 0.481 e. The minimum Gasteiger partial charge on any atom is -0.481 e. The fourth-order valence-corrected chi connectivity index (χ4v) is 3.36. The zero-order valence-corrected chi connectivity index (χ0v) is 12.9. The zero-order valence-electron chi connectivity index (χ0n) is 12.9. The summed E-state index contributed by atoms with van der Waals surface area (Å²) in [6, 6.07) is -0.114. The van der Waals surface area contributed by atoms with Crippen molar-refractivity contribution in [2.45, 2.75) is 57.1 Å². The molecule has 2 rings (SSSR count). The Morgan fingerprint density at radius 2 is 2.10 bits per heavy atom. The number of likely N-dealkylation sites (tertiary alicyclic amines) is 1. The lowest BCUT2D eigenvalue weighted by Gasteiger charge is -2.40. The van der Waals surface area contributed by atoms with Gasteiger partial charge in [-0.1, -0.05) is 6.42 Å². The SMILES string of the molecule is COC1(C)CCCN(C(=O)NC2CCCC(C(=O)O)C2)C1. The number of urea groups is 1. The number of methoxy groups -OCH3 is 1. The monoisotopic (exact) mass is 298 g/mol. The average molecular weight is 298 g/mol. The van der Waals surface area contributed by atoms with Crippen molar-refractivity contribution in [1.29, 1.82) is 0 Å². The number of carboxylic acids is 1. The predicted molar refractivity (Wildman–Crippen MR) is 78.1 cm³/mol. The van der Waals surface area contributed by atoms with E-state index in [2.05, 4.69) is 5.32 Å². The fourth-order valence-electron chi connectivity index (χ4n) is 3.36. The summed E-state index contributed by atoms with van der Waals surface area (Å²) in [5.74, 6) is -1.08. The Kier molecular flexibility index (Phi) is 5.08. The van der Waals surface area contributed by atoms with Gasteiger partial charge in [0.15, 0.2) is 0 Å². The molecule has 1 heterocycles. The van der Waals surface area contributed by atoms with Crippen LogP contribution >= 0.6 is 0 Å². The van der Waals surface area contributed by atoms with Crippen molar-refractivity contribution in [3.8, 4) is 0 Å². The lowest BCUT2D eigenvalue weighted by molar-refractivity contribution is -0.143. The molecule has 1 aliphatic heterocycles. The van der Waals surface area contributed by atoms with Crippen LogP contribution in [0.2, 0.25) is 0 Å². The highest BCUT2D eigenvalue weighted by Gasteiger charge is 2.34. The van der Waals surface area contributed by atoms with Crippen LogP contribution in [-0.2, 0) is 9.53 Å². The Morgan fingerprint density at radius 3 is 2.76 bits per heavy atom. The minimum atomic E-state index is -0.751. The molecule has 21 heavy (non-hydrogen) atoms. The maximum Gasteiger partial charge on any atom is 0.317 e. The van der Waals surface area contributed by atoms with Crippen LogP contribution in [0.15, 0.2) is 0 Å². The first-order valence-electron chi connectivity index (χ1n) is 7.77. The van der Waals surface area contributed by atoms with Crippen LogP contribution in [0.4, 0.5) is 4.79 Å². The molecule has 0 bridgehead atoms. The molecule has 3 atom stereocenters. The van der Waals surface area contributed by atoms with Crippen LogP contribution in [0.25, 0.3) is 0 Å². The number of ether oxygens (including phenoxy) is 1. The highest BCUT2D eigenvalue weighted by atomic mass is 16.5. The van der Waals surface area contributed by atoms with Gasteiger partial charge in [-0.3, -0.25) is 4.79 Å². The minimum absolute atomic E-state index is 0.0249. The number of nitrogens with one attached hydrogen (secondary N) is 1. The molecular weight excluding hydrogens is 272 g/mol. The molecule has 2 amide bonds. The van der Waals surface area contributed by atoms with E-state index in [0.29, 0.717) is 19.4 Å². The normalized spacial score (nSPS) is 33.5. The van der Waals surface area contributed by atoms with Crippen molar-refractivity contribution in [2.24, 2.45) is 5.92 Å². The van der Waals surface area contributed by atoms with Gasteiger partial charge in [-0.05, 0) is 39.0 Å². The number of nitrogens with zero attached hydrogens (tertiary/aromatic N) is 1. The number of amides is 2. The number of carboxylic acid groups (broad SMARTS) is 1. The lowest BCUT2D eigenvalue weighted by atomic mass is 9.86. The summed E-state index contributed by atoms with van der Waals surface area (Å²) in [7, 11) is 1.68. The van der Waals surface area contributed by atoms with Crippen LogP contribution in [0.5, 0.6) is 0 Å². The molecule has 0 aromatic rings. The van der Waals surface area contributed by atoms with E-state index in [1.165, 1.54) is 0 Å². The average Bonchev–Trinajstić information content (AvgIpc) is 2.47. The summed E-state index contributed by atoms with van der Waals surface area (Å²) in [6.45, 7) is 3.35. The van der Waals surface area contributed by atoms with Gasteiger partial charge in [0.25, 0.3) is 0 Å². The summed E-state index contributed by atoms with van der Waals surface area (Å²) in [5, 5.41) is 12.1. The maximum atomic E-state index is 12.4. The number of aliphatic carboxylic acids is 1. The predicted octanol–water partition coefficient (Wildman–Crippen LogP) is 1.84. The molecule has 0 aromatic heterocycles. The number of hydrogen-bond acceptors (Lipinski definition) is 3. The topological polar surface area (TPSA) is 78.9 Å². The molecular formula is C15H26N2O4. The number of hydrogen-bond donors (Lipinski definition) is 2. The first kappa shape index (κ1) is 16.1. The highest BCUT2D eigenvalue weighted by Crippen LogP contribution is 2.26. The standard InChI is InChI=1S/C15H26N2O4/c1-15(21-2)7-4-8-17(10-15)14(20)16-12-6-3-5-11(9-12)13(18)19/h11-12H,3-10H2,1-2H3,(H,16,20)(H,18,19). The van der Waals surface area contributed by atoms with Crippen molar-refractivity contribution in [2.75, 3.05) is 20.2 Å². The highest BCUT2D eigenvalue weighted by molar-refractivity contribution is 5.75. The van der Waals surface area contributed by atoms with Crippen LogP contribution in [0.1, 0.15) is 45.4 Å². The molecule has 2 fully saturated rings. The Labute approximate surface area is 125 Å². The van der Waals surface area contributed by atoms with Gasteiger partial charge in [-0.2, -0.15) is 0 Å². The van der Waals surface area contributed by atoms with Gasteiger partial charge in [-0.25, -0.2) is 4.79 Å². The Balaban J connectivity index is 1.87. The van der Waals surface area contributed by atoms with Gasteiger partial charge in [0.1, 0.15) is 0 Å². The van der Waals surface area contributed by atoms with Crippen LogP contribution < -0.4 is 5.32 Å². The second-order valence-electron chi connectivity index (χ2n) is 6.53. The molecule has 1 aliphatic carbocycles. The maximum absolute atomic E-state index is 12.4. The van der Waals surface area contributed by atoms with Gasteiger partial charge in [0, 0.05) is 19.7 Å². The Morgan fingerprint density at radius 1 is 1.33 bits per heavy atom. The van der Waals surface area contributed by atoms with E-state index in [-0.39, 0.29) is 23.6 Å². The van der Waals surface area contributed by atoms with Crippen molar-refractivity contribution in [3.63, 3.8) is 0 Å². The molecule has 120 valence electrons. The van der Waals surface area contributed by atoms with Gasteiger partial charge in [-0.15, -0.1) is 0 Å². The summed E-state index contributed by atoms with van der Waals surface area (Å²) < 4.78 is 5.50. The Hall–Kier alpha value is -1.30. The van der Waals surface area contributed by atoms with E-state index < -0.39 is 5.97 Å². The molecule has 3 unspecified atom stereocenters. The molecule has 6 heteroatoms. The summed E-state index contributed by atoms with van der Waals surface area (Å²) >= 11 is 0. The first-order valence-corrected chi connectivity index (χ1v) is 7.77. The molecule has 0 spiro atoms. The van der Waals surface area contributed by atoms with Crippen LogP contribution in [0, 0.1) is 5.92 Å². The third-order valence-electron chi connectivity index (χ3n) is 4.79. The molecule has 2 aliphatic rings. The van der Waals surface area contributed by atoms with Crippen molar-refractivity contribution < 1.29 is 19.4 Å². The fraction of sp³-hybridized carbons (Fsp3) is 0.867. The first-order chi connectivity index (χ1) is 9.93. The zero-order chi connectivity index (χ0) is 15.5. The van der Waals surface area contributed by atoms with Gasteiger partial charge in [0.05, 0.1) is 18.1 Å². The smallest absolute Gasteiger partial charge is 0.317 e. The number of rotatable bonds is 3. The van der Waals surface area contributed by atoms with E-state index in [1.807, 2.05) is 6.92 Å². The molecule has 6 nitrogen and oxygen atoms in total. The number of carbonyl (C=O) groups excluding carboxylic acids is 1. The third kappa shape index (κ3) is 4.09. The summed E-state index contributed by atoms with van der Waals surface area (Å²) in [5.41, 5.74) is -0.272. The van der Waals surface area contributed by atoms with Crippen molar-refractivity contribution >= 4 is 12.0 Å². The third-order valence-corrected chi connectivity index (χ3v) is 4.79. The van der Waals surface area contributed by atoms with E-state index in [1.54, 1.807) is 12.0 Å². The molecule has 1 saturated carbocycles. The van der Waals surface area contributed by atoms with Gasteiger partial charge >= 0.3 is 12.0 Å². The van der Waals surface area contributed by atoms with E-state index in [0.717, 1.165) is 32.2 Å². The quantitative estimate of drug-likeness (QED) is 0.833. The molecule has 1 saturated heterocycles. The number of carbonyl (C=O) groups is 2. The number of piperidine rings is 1. The summed E-state index contributed by atoms with van der Waals surface area (Å²) in [4.78, 5) is 25.2. The summed E-state index contributed by atoms with van der Waals surface area (Å²) in [6.07, 6.45) is 4.87. The Bertz CT molecular complexity index is 401. The molecule has 0 radical (unpaired) electrons. The van der Waals surface area contributed by atoms with Crippen molar-refractivity contribution in [1.82, 2.24) is 10.2 Å². The van der Waals surface area contributed by atoms with E-state index in [4.69, 9.17) is 9.84 Å². The van der Waals surface area contributed by atoms with E-state index in [9.17, 15) is 9.59 Å². The van der Waals surface area contributed by atoms with Gasteiger partial charge in [0.2, 0.25) is 0 Å². The van der Waals surface area contributed by atoms with E-state index >= 15 is 0 Å². The lowest BCUT2D eigenvalue weighted by Crippen LogP contribution is -2.54. The van der Waals surface area contributed by atoms with Gasteiger partial charge < -0.3 is 20.1 Å². The van der Waals surface area contributed by atoms with Crippen LogP contribution in [-0.4, -0.2) is 53.8 Å². The molecule has 2 N–H and O–H groups in total. The second kappa shape index (κ2) is 6.64. The molecule has 0 aromatic carbocycles. The van der Waals surface area contributed by atoms with Crippen LogP contribution in [0.3, 0.4) is 0 Å².